The smallest absolute Gasteiger partial charge is 0.320 e. The van der Waals surface area contributed by atoms with E-state index >= 15 is 0 Å². The number of anilines is 1. The third-order valence-corrected chi connectivity index (χ3v) is 7.28. The Morgan fingerprint density at radius 3 is 2.56 bits per heavy atom. The van der Waals surface area contributed by atoms with Crippen LogP contribution in [0.1, 0.15) is 17.9 Å². The van der Waals surface area contributed by atoms with Gasteiger partial charge in [-0.1, -0.05) is 42.5 Å². The number of rotatable bonds is 4. The van der Waals surface area contributed by atoms with Crippen LogP contribution in [0.5, 0.6) is 0 Å². The minimum absolute atomic E-state index is 0.124. The molecule has 3 heterocycles. The number of benzene rings is 2. The number of amides is 5. The highest BCUT2D eigenvalue weighted by molar-refractivity contribution is 6.06. The van der Waals surface area contributed by atoms with Gasteiger partial charge in [0.25, 0.3) is 5.91 Å². The van der Waals surface area contributed by atoms with Crippen molar-refractivity contribution in [2.24, 2.45) is 7.05 Å². The van der Waals surface area contributed by atoms with E-state index < -0.39 is 6.04 Å². The number of aryl methyl sites for hydroxylation is 1. The van der Waals surface area contributed by atoms with Gasteiger partial charge in [-0.15, -0.1) is 0 Å². The Kier molecular flexibility index (Phi) is 5.24. The van der Waals surface area contributed by atoms with E-state index in [9.17, 15) is 18.8 Å². The zero-order chi connectivity index (χ0) is 25.0. The number of carbonyl (C=O) groups excluding carboxylic acids is 3. The molecule has 0 radical (unpaired) electrons. The second-order valence-electron chi connectivity index (χ2n) is 9.43. The number of urea groups is 2. The summed E-state index contributed by atoms with van der Waals surface area (Å²) in [6.07, 6.45) is 2.37. The Morgan fingerprint density at radius 2 is 1.81 bits per heavy atom. The molecule has 9 nitrogen and oxygen atoms in total. The summed E-state index contributed by atoms with van der Waals surface area (Å²) < 4.78 is 14.9. The lowest BCUT2D eigenvalue weighted by Crippen LogP contribution is -2.55. The number of carbonyl (C=O) groups is 3. The number of halogens is 1. The lowest BCUT2D eigenvalue weighted by Gasteiger charge is -2.35. The van der Waals surface area contributed by atoms with Crippen LogP contribution in [0.3, 0.4) is 0 Å². The Morgan fingerprint density at radius 1 is 1.06 bits per heavy atom. The third-order valence-electron chi connectivity index (χ3n) is 7.28. The molecule has 0 bridgehead atoms. The van der Waals surface area contributed by atoms with Crippen molar-refractivity contribution in [3.05, 3.63) is 72.2 Å². The van der Waals surface area contributed by atoms with Gasteiger partial charge >= 0.3 is 12.1 Å². The van der Waals surface area contributed by atoms with Crippen molar-refractivity contribution >= 4 is 23.8 Å². The number of imide groups is 1. The molecule has 3 atom stereocenters. The first-order valence-corrected chi connectivity index (χ1v) is 11.9. The maximum Gasteiger partial charge on any atom is 0.327 e. The highest BCUT2D eigenvalue weighted by Crippen LogP contribution is 2.46. The van der Waals surface area contributed by atoms with Gasteiger partial charge in [-0.2, -0.15) is 5.10 Å². The van der Waals surface area contributed by atoms with E-state index in [2.05, 4.69) is 10.4 Å². The first kappa shape index (κ1) is 22.3. The van der Waals surface area contributed by atoms with Crippen LogP contribution >= 0.6 is 0 Å². The molecular weight excluding hydrogens is 463 g/mol. The van der Waals surface area contributed by atoms with Gasteiger partial charge in [-0.05, 0) is 29.7 Å². The first-order chi connectivity index (χ1) is 17.4. The summed E-state index contributed by atoms with van der Waals surface area (Å²) in [5, 5.41) is 7.12. The fourth-order valence-electron chi connectivity index (χ4n) is 5.24. The highest BCUT2D eigenvalue weighted by atomic mass is 19.1. The summed E-state index contributed by atoms with van der Waals surface area (Å²) in [6, 6.07) is 14.4. The van der Waals surface area contributed by atoms with Crippen molar-refractivity contribution in [3.8, 4) is 11.1 Å². The number of hydrogen-bond acceptors (Lipinski definition) is 4. The molecule has 2 aromatic carbocycles. The zero-order valence-corrected chi connectivity index (χ0v) is 19.7. The van der Waals surface area contributed by atoms with Crippen molar-refractivity contribution in [2.75, 3.05) is 25.0 Å². The van der Waals surface area contributed by atoms with Gasteiger partial charge in [0, 0.05) is 37.7 Å². The number of nitrogens with zero attached hydrogens (tertiary/aromatic N) is 5. The van der Waals surface area contributed by atoms with Crippen LogP contribution in [0.4, 0.5) is 19.8 Å². The fourth-order valence-corrected chi connectivity index (χ4v) is 5.24. The molecule has 1 N–H and O–H groups in total. The lowest BCUT2D eigenvalue weighted by molar-refractivity contribution is -0.129. The SMILES string of the molecule is Cn1ncc(-c2ccc(F)cc2)c1NC(=O)N1CCN2C(=O)N([C@H]3C[C@@H]3c3ccccc3)C(=O)[C@@H]2C1. The normalized spacial score (nSPS) is 23.2. The number of piperazine rings is 1. The zero-order valence-electron chi connectivity index (χ0n) is 19.7. The Bertz CT molecular complexity index is 1340. The average molecular weight is 489 g/mol. The van der Waals surface area contributed by atoms with Gasteiger partial charge in [0.15, 0.2) is 0 Å². The second-order valence-corrected chi connectivity index (χ2v) is 9.43. The van der Waals surface area contributed by atoms with Gasteiger partial charge in [0.05, 0.1) is 12.7 Å². The molecule has 1 saturated carbocycles. The summed E-state index contributed by atoms with van der Waals surface area (Å²) in [7, 11) is 1.70. The standard InChI is InChI=1S/C26H25FN6O3/c1-30-23(20(14-28-30)17-7-9-18(27)10-8-17)29-25(35)31-11-12-32-22(15-31)24(34)33(26(32)36)21-13-19(21)16-5-3-2-4-6-16/h2-10,14,19,21-22H,11-13,15H2,1H3,(H,29,35)/t19-,21+,22+/m1/s1. The van der Waals surface area contributed by atoms with Crippen LogP contribution in [-0.4, -0.2) is 74.2 Å². The van der Waals surface area contributed by atoms with Crippen LogP contribution < -0.4 is 5.32 Å². The largest absolute Gasteiger partial charge is 0.327 e. The van der Waals surface area contributed by atoms with Gasteiger partial charge in [0.2, 0.25) is 0 Å². The van der Waals surface area contributed by atoms with Crippen LogP contribution in [0.2, 0.25) is 0 Å². The van der Waals surface area contributed by atoms with E-state index in [1.165, 1.54) is 21.7 Å². The maximum atomic E-state index is 13.4. The molecule has 5 amide bonds. The molecule has 3 fully saturated rings. The Hall–Kier alpha value is -4.21. The number of fused-ring (bicyclic) bond motifs is 1. The predicted octanol–water partition coefficient (Wildman–Crippen LogP) is 3.26. The first-order valence-electron chi connectivity index (χ1n) is 11.9. The number of hydrogen-bond donors (Lipinski definition) is 1. The van der Waals surface area contributed by atoms with Gasteiger partial charge in [0.1, 0.15) is 17.7 Å². The molecular formula is C26H25FN6O3. The van der Waals surface area contributed by atoms with Crippen LogP contribution in [0.15, 0.2) is 60.8 Å². The molecule has 0 unspecified atom stereocenters. The second kappa shape index (κ2) is 8.47. The monoisotopic (exact) mass is 488 g/mol. The number of nitrogens with one attached hydrogen (secondary N) is 1. The molecule has 2 aliphatic heterocycles. The molecule has 10 heteroatoms. The molecule has 36 heavy (non-hydrogen) atoms. The van der Waals surface area contributed by atoms with Crippen molar-refractivity contribution in [3.63, 3.8) is 0 Å². The van der Waals surface area contributed by atoms with E-state index in [0.29, 0.717) is 23.5 Å². The van der Waals surface area contributed by atoms with E-state index in [1.807, 2.05) is 30.3 Å². The molecule has 3 aromatic rings. The Balaban J connectivity index is 1.15. The maximum absolute atomic E-state index is 13.4. The molecule has 6 rings (SSSR count). The van der Waals surface area contributed by atoms with Crippen LogP contribution in [-0.2, 0) is 11.8 Å². The predicted molar refractivity (Wildman–Crippen MR) is 130 cm³/mol. The molecule has 1 aromatic heterocycles. The van der Waals surface area contributed by atoms with Crippen molar-refractivity contribution in [1.29, 1.82) is 0 Å². The van der Waals surface area contributed by atoms with Gasteiger partial charge in [-0.3, -0.25) is 19.7 Å². The molecule has 1 aliphatic carbocycles. The molecule has 0 spiro atoms. The van der Waals surface area contributed by atoms with Crippen molar-refractivity contribution < 1.29 is 18.8 Å². The lowest BCUT2D eigenvalue weighted by atomic mass is 10.1. The molecule has 2 saturated heterocycles. The summed E-state index contributed by atoms with van der Waals surface area (Å²) in [5.41, 5.74) is 2.50. The van der Waals surface area contributed by atoms with E-state index in [0.717, 1.165) is 12.0 Å². The van der Waals surface area contributed by atoms with E-state index in [4.69, 9.17) is 0 Å². The fraction of sp³-hybridized carbons (Fsp3) is 0.308. The number of aromatic nitrogens is 2. The molecule has 184 valence electrons. The van der Waals surface area contributed by atoms with Crippen molar-refractivity contribution in [1.82, 2.24) is 24.5 Å². The summed E-state index contributed by atoms with van der Waals surface area (Å²) in [6.45, 7) is 0.725. The highest BCUT2D eigenvalue weighted by Gasteiger charge is 2.56. The minimum atomic E-state index is -0.683. The van der Waals surface area contributed by atoms with Crippen molar-refractivity contribution in [2.45, 2.75) is 24.4 Å². The van der Waals surface area contributed by atoms with Crippen LogP contribution in [0.25, 0.3) is 11.1 Å². The quantitative estimate of drug-likeness (QED) is 0.571. The van der Waals surface area contributed by atoms with Gasteiger partial charge in [-0.25, -0.2) is 14.0 Å². The average Bonchev–Trinajstić information content (AvgIpc) is 3.54. The van der Waals surface area contributed by atoms with Crippen LogP contribution in [0, 0.1) is 5.82 Å². The van der Waals surface area contributed by atoms with E-state index in [-0.39, 0.29) is 48.8 Å². The summed E-state index contributed by atoms with van der Waals surface area (Å²) in [5.74, 6) is 0.0356. The molecule has 3 aliphatic rings. The summed E-state index contributed by atoms with van der Waals surface area (Å²) in [4.78, 5) is 44.1. The summed E-state index contributed by atoms with van der Waals surface area (Å²) >= 11 is 0. The Labute approximate surface area is 207 Å². The van der Waals surface area contributed by atoms with E-state index in [1.54, 1.807) is 35.2 Å². The topological polar surface area (TPSA) is 90.8 Å². The minimum Gasteiger partial charge on any atom is -0.320 e. The van der Waals surface area contributed by atoms with Gasteiger partial charge < -0.3 is 9.80 Å². The third kappa shape index (κ3) is 3.69.